The quantitative estimate of drug-likeness (QED) is 0.520. The third kappa shape index (κ3) is 2.16. The molecule has 0 radical (unpaired) electrons. The molecule has 2 aromatic carbocycles. The Hall–Kier alpha value is -3.34. The van der Waals surface area contributed by atoms with Gasteiger partial charge in [0.2, 0.25) is 5.91 Å². The molecule has 0 aliphatic carbocycles. The number of amides is 1. The van der Waals surface area contributed by atoms with E-state index in [4.69, 9.17) is 0 Å². The van der Waals surface area contributed by atoms with E-state index in [1.165, 1.54) is 0 Å². The number of nitrogens with zero attached hydrogens (tertiary/aromatic N) is 1. The molecule has 3 heterocycles. The third-order valence-corrected chi connectivity index (χ3v) is 4.87. The third-order valence-electron chi connectivity index (χ3n) is 4.87. The van der Waals surface area contributed by atoms with Crippen molar-refractivity contribution in [3.63, 3.8) is 0 Å². The maximum absolute atomic E-state index is 12.3. The van der Waals surface area contributed by atoms with Crippen LogP contribution in [0.2, 0.25) is 0 Å². The second kappa shape index (κ2) is 5.34. The van der Waals surface area contributed by atoms with E-state index in [-0.39, 0.29) is 11.8 Å². The van der Waals surface area contributed by atoms with E-state index in [0.29, 0.717) is 12.2 Å². The highest BCUT2D eigenvalue weighted by atomic mass is 16.1. The van der Waals surface area contributed by atoms with E-state index in [2.05, 4.69) is 50.8 Å². The minimum Gasteiger partial charge on any atom is -0.361 e. The van der Waals surface area contributed by atoms with E-state index in [1.54, 1.807) is 0 Å². The second-order valence-electron chi connectivity index (χ2n) is 6.32. The standard InChI is InChI=1S/C20H16N4O/c25-17-11-15(13-7-4-8-16-14(13)9-10-21-16)18-19(23-24-20(18)22-17)12-5-2-1-3-6-12/h1-10,15,21H,11H2,(H2,22,23,24,25)/t15-/m1/s1. The molecule has 0 saturated carbocycles. The number of aromatic amines is 2. The van der Waals surface area contributed by atoms with Gasteiger partial charge in [-0.3, -0.25) is 9.89 Å². The molecule has 1 aliphatic rings. The minimum atomic E-state index is -0.0304. The number of anilines is 1. The first-order chi connectivity index (χ1) is 12.3. The van der Waals surface area contributed by atoms with Crippen molar-refractivity contribution in [1.29, 1.82) is 0 Å². The van der Waals surface area contributed by atoms with E-state index in [0.717, 1.165) is 33.3 Å². The molecular formula is C20H16N4O. The summed E-state index contributed by atoms with van der Waals surface area (Å²) in [4.78, 5) is 15.5. The molecule has 5 rings (SSSR count). The van der Waals surface area contributed by atoms with Gasteiger partial charge in [-0.2, -0.15) is 5.10 Å². The summed E-state index contributed by atoms with van der Waals surface area (Å²) in [5.74, 6) is 0.598. The van der Waals surface area contributed by atoms with Crippen molar-refractivity contribution >= 4 is 22.6 Å². The van der Waals surface area contributed by atoms with Crippen molar-refractivity contribution < 1.29 is 4.79 Å². The van der Waals surface area contributed by atoms with Crippen LogP contribution in [0.15, 0.2) is 60.8 Å². The van der Waals surface area contributed by atoms with Gasteiger partial charge in [0.15, 0.2) is 5.82 Å². The van der Waals surface area contributed by atoms with Gasteiger partial charge in [0, 0.05) is 35.0 Å². The number of hydrogen-bond donors (Lipinski definition) is 3. The number of hydrogen-bond acceptors (Lipinski definition) is 2. The number of benzene rings is 2. The maximum atomic E-state index is 12.3. The zero-order valence-corrected chi connectivity index (χ0v) is 13.4. The number of H-pyrrole nitrogens is 2. The lowest BCUT2D eigenvalue weighted by Crippen LogP contribution is -2.23. The van der Waals surface area contributed by atoms with Crippen LogP contribution >= 0.6 is 0 Å². The zero-order valence-electron chi connectivity index (χ0n) is 13.4. The smallest absolute Gasteiger partial charge is 0.226 e. The van der Waals surface area contributed by atoms with E-state index >= 15 is 0 Å². The van der Waals surface area contributed by atoms with Gasteiger partial charge in [0.05, 0.1) is 5.69 Å². The molecule has 0 bridgehead atoms. The average molecular weight is 328 g/mol. The van der Waals surface area contributed by atoms with E-state index < -0.39 is 0 Å². The van der Waals surface area contributed by atoms with Crippen LogP contribution in [0.1, 0.15) is 23.5 Å². The lowest BCUT2D eigenvalue weighted by atomic mass is 9.83. The summed E-state index contributed by atoms with van der Waals surface area (Å²) >= 11 is 0. The fourth-order valence-corrected chi connectivity index (χ4v) is 3.76. The lowest BCUT2D eigenvalue weighted by molar-refractivity contribution is -0.116. The summed E-state index contributed by atoms with van der Waals surface area (Å²) in [7, 11) is 0. The van der Waals surface area contributed by atoms with Crippen molar-refractivity contribution in [2.24, 2.45) is 0 Å². The van der Waals surface area contributed by atoms with Gasteiger partial charge in [-0.15, -0.1) is 0 Å². The Bertz CT molecular complexity index is 1080. The summed E-state index contributed by atoms with van der Waals surface area (Å²) in [6.45, 7) is 0. The van der Waals surface area contributed by atoms with Crippen LogP contribution in [0.25, 0.3) is 22.2 Å². The normalized spacial score (nSPS) is 16.6. The minimum absolute atomic E-state index is 0.00356. The van der Waals surface area contributed by atoms with Crippen LogP contribution in [0.3, 0.4) is 0 Å². The summed E-state index contributed by atoms with van der Waals surface area (Å²) in [5.41, 5.74) is 5.31. The van der Waals surface area contributed by atoms with Gasteiger partial charge in [0.25, 0.3) is 0 Å². The Labute approximate surface area is 144 Å². The van der Waals surface area contributed by atoms with Crippen LogP contribution in [0.4, 0.5) is 5.82 Å². The molecule has 0 unspecified atom stereocenters. The van der Waals surface area contributed by atoms with Gasteiger partial charge in [-0.25, -0.2) is 0 Å². The molecule has 0 spiro atoms. The second-order valence-corrected chi connectivity index (χ2v) is 6.32. The molecule has 1 atom stereocenters. The molecule has 3 N–H and O–H groups in total. The molecule has 25 heavy (non-hydrogen) atoms. The number of carbonyl (C=O) groups excluding carboxylic acids is 1. The molecule has 0 fully saturated rings. The predicted molar refractivity (Wildman–Crippen MR) is 97.4 cm³/mol. The van der Waals surface area contributed by atoms with Gasteiger partial charge in [0.1, 0.15) is 0 Å². The Morgan fingerprint density at radius 1 is 1.00 bits per heavy atom. The van der Waals surface area contributed by atoms with Crippen LogP contribution in [0.5, 0.6) is 0 Å². The van der Waals surface area contributed by atoms with Crippen molar-refractivity contribution in [3.8, 4) is 11.3 Å². The highest BCUT2D eigenvalue weighted by molar-refractivity contribution is 5.97. The highest BCUT2D eigenvalue weighted by Crippen LogP contribution is 2.43. The number of aromatic nitrogens is 3. The molecule has 5 heteroatoms. The van der Waals surface area contributed by atoms with Gasteiger partial charge in [-0.05, 0) is 23.3 Å². The van der Waals surface area contributed by atoms with E-state index in [9.17, 15) is 4.79 Å². The number of fused-ring (bicyclic) bond motifs is 2. The van der Waals surface area contributed by atoms with Crippen molar-refractivity contribution in [3.05, 3.63) is 71.9 Å². The van der Waals surface area contributed by atoms with Crippen LogP contribution in [-0.2, 0) is 4.79 Å². The fraction of sp³-hybridized carbons (Fsp3) is 0.100. The molecule has 122 valence electrons. The first-order valence-electron chi connectivity index (χ1n) is 8.31. The molecule has 4 aromatic rings. The Morgan fingerprint density at radius 2 is 1.88 bits per heavy atom. The molecule has 1 amide bonds. The summed E-state index contributed by atoms with van der Waals surface area (Å²) in [6.07, 6.45) is 2.35. The van der Waals surface area contributed by atoms with Crippen LogP contribution < -0.4 is 5.32 Å². The molecular weight excluding hydrogens is 312 g/mol. The largest absolute Gasteiger partial charge is 0.361 e. The Kier molecular flexibility index (Phi) is 3.00. The van der Waals surface area contributed by atoms with Crippen molar-refractivity contribution in [1.82, 2.24) is 15.2 Å². The molecule has 5 nitrogen and oxygen atoms in total. The van der Waals surface area contributed by atoms with Crippen molar-refractivity contribution in [2.75, 3.05) is 5.32 Å². The zero-order chi connectivity index (χ0) is 16.8. The predicted octanol–water partition coefficient (Wildman–Crippen LogP) is 4.03. The molecule has 0 saturated heterocycles. The molecule has 2 aromatic heterocycles. The first-order valence-corrected chi connectivity index (χ1v) is 8.31. The van der Waals surface area contributed by atoms with Crippen molar-refractivity contribution in [2.45, 2.75) is 12.3 Å². The summed E-state index contributed by atoms with van der Waals surface area (Å²) < 4.78 is 0. The average Bonchev–Trinajstić information content (AvgIpc) is 3.28. The number of rotatable bonds is 2. The van der Waals surface area contributed by atoms with Crippen LogP contribution in [-0.4, -0.2) is 21.1 Å². The SMILES string of the molecule is O=C1C[C@H](c2cccc3[nH]ccc23)c2c(n[nH]c2-c2ccccc2)N1. The van der Waals surface area contributed by atoms with Crippen LogP contribution in [0, 0.1) is 0 Å². The topological polar surface area (TPSA) is 73.6 Å². The summed E-state index contributed by atoms with van der Waals surface area (Å²) in [5, 5.41) is 11.5. The van der Waals surface area contributed by atoms with Gasteiger partial charge < -0.3 is 10.3 Å². The van der Waals surface area contributed by atoms with Gasteiger partial charge in [-0.1, -0.05) is 42.5 Å². The molecule has 1 aliphatic heterocycles. The monoisotopic (exact) mass is 328 g/mol. The Morgan fingerprint density at radius 3 is 2.76 bits per heavy atom. The maximum Gasteiger partial charge on any atom is 0.226 e. The number of nitrogens with one attached hydrogen (secondary N) is 3. The lowest BCUT2D eigenvalue weighted by Gasteiger charge is -2.24. The highest BCUT2D eigenvalue weighted by Gasteiger charge is 2.32. The van der Waals surface area contributed by atoms with Gasteiger partial charge >= 0.3 is 0 Å². The fourth-order valence-electron chi connectivity index (χ4n) is 3.76. The number of carbonyl (C=O) groups is 1. The first kappa shape index (κ1) is 14.0. The summed E-state index contributed by atoms with van der Waals surface area (Å²) in [6, 6.07) is 18.4. The Balaban J connectivity index is 1.74. The van der Waals surface area contributed by atoms with E-state index in [1.807, 2.05) is 30.5 Å².